The summed E-state index contributed by atoms with van der Waals surface area (Å²) in [6.45, 7) is 1.95. The number of aliphatic hydroxyl groups is 1. The van der Waals surface area contributed by atoms with Crippen LogP contribution in [-0.4, -0.2) is 19.9 Å². The number of pyridine rings is 1. The Morgan fingerprint density at radius 3 is 2.84 bits per heavy atom. The molecule has 1 aromatic carbocycles. The van der Waals surface area contributed by atoms with Gasteiger partial charge in [-0.2, -0.15) is 5.10 Å². The Kier molecular flexibility index (Phi) is 2.80. The highest BCUT2D eigenvalue weighted by Crippen LogP contribution is 2.26. The van der Waals surface area contributed by atoms with E-state index in [1.165, 1.54) is 0 Å². The first-order valence-electron chi connectivity index (χ1n) is 6.18. The number of fused-ring (bicyclic) bond motifs is 1. The van der Waals surface area contributed by atoms with Gasteiger partial charge in [0.1, 0.15) is 6.10 Å². The topological polar surface area (TPSA) is 50.9 Å². The first-order valence-corrected chi connectivity index (χ1v) is 6.18. The molecule has 0 amide bonds. The van der Waals surface area contributed by atoms with E-state index in [0.717, 1.165) is 27.7 Å². The van der Waals surface area contributed by atoms with E-state index in [1.54, 1.807) is 17.1 Å². The van der Waals surface area contributed by atoms with E-state index in [4.69, 9.17) is 0 Å². The molecule has 2 heterocycles. The average Bonchev–Trinajstić information content (AvgIpc) is 2.78. The molecule has 0 aliphatic rings. The lowest BCUT2D eigenvalue weighted by molar-refractivity contribution is 0.219. The van der Waals surface area contributed by atoms with Crippen LogP contribution < -0.4 is 0 Å². The summed E-state index contributed by atoms with van der Waals surface area (Å²) in [5, 5.41) is 15.7. The fraction of sp³-hybridized carbons (Fsp3) is 0.200. The van der Waals surface area contributed by atoms with E-state index in [9.17, 15) is 5.11 Å². The third kappa shape index (κ3) is 2.00. The molecule has 0 spiro atoms. The summed E-state index contributed by atoms with van der Waals surface area (Å²) < 4.78 is 1.77. The van der Waals surface area contributed by atoms with Crippen LogP contribution in [0.1, 0.15) is 22.9 Å². The molecule has 1 unspecified atom stereocenters. The molecule has 3 rings (SSSR count). The van der Waals surface area contributed by atoms with Gasteiger partial charge in [0.15, 0.2) is 0 Å². The highest BCUT2D eigenvalue weighted by atomic mass is 16.3. The maximum atomic E-state index is 10.5. The van der Waals surface area contributed by atoms with Crippen LogP contribution in [0.3, 0.4) is 0 Å². The summed E-state index contributed by atoms with van der Waals surface area (Å²) in [5.41, 5.74) is 3.60. The van der Waals surface area contributed by atoms with Gasteiger partial charge in [0.2, 0.25) is 0 Å². The van der Waals surface area contributed by atoms with Crippen LogP contribution in [0.2, 0.25) is 0 Å². The first kappa shape index (κ1) is 11.9. The Hall–Kier alpha value is -2.20. The molecule has 0 saturated heterocycles. The molecule has 0 saturated carbocycles. The Morgan fingerprint density at radius 1 is 1.26 bits per heavy atom. The maximum absolute atomic E-state index is 10.5. The third-order valence-electron chi connectivity index (χ3n) is 3.51. The fourth-order valence-electron chi connectivity index (χ4n) is 2.23. The van der Waals surface area contributed by atoms with Gasteiger partial charge in [-0.1, -0.05) is 12.1 Å². The van der Waals surface area contributed by atoms with Crippen molar-refractivity contribution in [2.45, 2.75) is 13.0 Å². The van der Waals surface area contributed by atoms with Gasteiger partial charge < -0.3 is 5.11 Å². The Bertz CT molecular complexity index is 733. The average molecular weight is 253 g/mol. The highest BCUT2D eigenvalue weighted by molar-refractivity contribution is 5.79. The normalized spacial score (nSPS) is 12.8. The van der Waals surface area contributed by atoms with E-state index >= 15 is 0 Å². The monoisotopic (exact) mass is 253 g/mol. The second-order valence-electron chi connectivity index (χ2n) is 4.67. The van der Waals surface area contributed by atoms with Crippen molar-refractivity contribution in [3.63, 3.8) is 0 Å². The summed E-state index contributed by atoms with van der Waals surface area (Å²) in [6, 6.07) is 9.70. The number of rotatable bonds is 2. The molecular weight excluding hydrogens is 238 g/mol. The number of aryl methyl sites for hydroxylation is 1. The lowest BCUT2D eigenvalue weighted by Gasteiger charge is -2.11. The number of aliphatic hydroxyl groups excluding tert-OH is 1. The molecule has 0 fully saturated rings. The molecule has 0 aliphatic carbocycles. The molecule has 1 atom stereocenters. The zero-order valence-corrected chi connectivity index (χ0v) is 10.9. The van der Waals surface area contributed by atoms with Crippen LogP contribution in [0.4, 0.5) is 0 Å². The van der Waals surface area contributed by atoms with Gasteiger partial charge in [0, 0.05) is 29.9 Å². The minimum Gasteiger partial charge on any atom is -0.384 e. The van der Waals surface area contributed by atoms with Gasteiger partial charge in [-0.05, 0) is 30.7 Å². The zero-order valence-electron chi connectivity index (χ0n) is 10.9. The summed E-state index contributed by atoms with van der Waals surface area (Å²) in [6.07, 6.45) is 2.83. The quantitative estimate of drug-likeness (QED) is 0.762. The zero-order chi connectivity index (χ0) is 13.4. The maximum Gasteiger partial charge on any atom is 0.107 e. The molecule has 4 nitrogen and oxygen atoms in total. The number of aromatic nitrogens is 3. The van der Waals surface area contributed by atoms with Crippen LogP contribution in [-0.2, 0) is 7.05 Å². The first-order chi connectivity index (χ1) is 9.16. The van der Waals surface area contributed by atoms with Crippen LogP contribution in [0.15, 0.2) is 42.7 Å². The second kappa shape index (κ2) is 4.48. The third-order valence-corrected chi connectivity index (χ3v) is 3.51. The lowest BCUT2D eigenvalue weighted by atomic mass is 10.0. The molecular formula is C15H15N3O. The van der Waals surface area contributed by atoms with Gasteiger partial charge >= 0.3 is 0 Å². The summed E-state index contributed by atoms with van der Waals surface area (Å²) in [5.74, 6) is 0. The van der Waals surface area contributed by atoms with Crippen molar-refractivity contribution in [1.82, 2.24) is 14.8 Å². The van der Waals surface area contributed by atoms with Gasteiger partial charge in [0.05, 0.1) is 11.7 Å². The van der Waals surface area contributed by atoms with Crippen molar-refractivity contribution in [1.29, 1.82) is 0 Å². The van der Waals surface area contributed by atoms with Crippen LogP contribution in [0.25, 0.3) is 10.9 Å². The lowest BCUT2D eigenvalue weighted by Crippen LogP contribution is -2.02. The number of benzene rings is 1. The molecule has 96 valence electrons. The minimum atomic E-state index is -0.654. The molecule has 1 N–H and O–H groups in total. The predicted octanol–water partition coefficient (Wildman–Crippen LogP) is 2.36. The van der Waals surface area contributed by atoms with Crippen molar-refractivity contribution in [3.8, 4) is 0 Å². The second-order valence-corrected chi connectivity index (χ2v) is 4.67. The van der Waals surface area contributed by atoms with E-state index < -0.39 is 6.10 Å². The molecule has 0 radical (unpaired) electrons. The molecule has 2 aromatic heterocycles. The molecule has 19 heavy (non-hydrogen) atoms. The minimum absolute atomic E-state index is 0.654. The Labute approximate surface area is 111 Å². The van der Waals surface area contributed by atoms with Crippen molar-refractivity contribution in [2.24, 2.45) is 7.05 Å². The van der Waals surface area contributed by atoms with Crippen LogP contribution >= 0.6 is 0 Å². The SMILES string of the molecule is Cc1c(C(O)c2ccc3ncccc3c2)cnn1C. The van der Waals surface area contributed by atoms with Gasteiger partial charge in [-0.3, -0.25) is 9.67 Å². The number of nitrogens with zero attached hydrogens (tertiary/aromatic N) is 3. The molecule has 4 heteroatoms. The summed E-state index contributed by atoms with van der Waals surface area (Å²) in [7, 11) is 1.87. The smallest absolute Gasteiger partial charge is 0.107 e. The molecule has 0 bridgehead atoms. The predicted molar refractivity (Wildman–Crippen MR) is 73.7 cm³/mol. The highest BCUT2D eigenvalue weighted by Gasteiger charge is 2.16. The summed E-state index contributed by atoms with van der Waals surface area (Å²) in [4.78, 5) is 4.28. The summed E-state index contributed by atoms with van der Waals surface area (Å²) >= 11 is 0. The number of hydrogen-bond acceptors (Lipinski definition) is 3. The Balaban J connectivity index is 2.06. The van der Waals surface area contributed by atoms with Crippen molar-refractivity contribution in [3.05, 3.63) is 59.5 Å². The fourth-order valence-corrected chi connectivity index (χ4v) is 2.23. The molecule has 0 aliphatic heterocycles. The Morgan fingerprint density at radius 2 is 2.11 bits per heavy atom. The molecule has 3 aromatic rings. The van der Waals surface area contributed by atoms with E-state index in [-0.39, 0.29) is 0 Å². The largest absolute Gasteiger partial charge is 0.384 e. The van der Waals surface area contributed by atoms with Gasteiger partial charge in [-0.25, -0.2) is 0 Å². The van der Waals surface area contributed by atoms with Crippen LogP contribution in [0, 0.1) is 6.92 Å². The number of hydrogen-bond donors (Lipinski definition) is 1. The van der Waals surface area contributed by atoms with Gasteiger partial charge in [0.25, 0.3) is 0 Å². The van der Waals surface area contributed by atoms with Crippen molar-refractivity contribution < 1.29 is 5.11 Å². The van der Waals surface area contributed by atoms with Crippen LogP contribution in [0.5, 0.6) is 0 Å². The van der Waals surface area contributed by atoms with E-state index in [2.05, 4.69) is 10.1 Å². The van der Waals surface area contributed by atoms with E-state index in [1.807, 2.05) is 44.3 Å². The standard InChI is InChI=1S/C15H15N3O/c1-10-13(9-17-18(10)2)15(19)12-5-6-14-11(8-12)4-3-7-16-14/h3-9,15,19H,1-2H3. The van der Waals surface area contributed by atoms with Crippen molar-refractivity contribution >= 4 is 10.9 Å². The van der Waals surface area contributed by atoms with E-state index in [0.29, 0.717) is 0 Å². The van der Waals surface area contributed by atoms with Crippen molar-refractivity contribution in [2.75, 3.05) is 0 Å². The van der Waals surface area contributed by atoms with Gasteiger partial charge in [-0.15, -0.1) is 0 Å².